The molecule has 2 N–H and O–H groups in total. The normalized spacial score (nSPS) is 13.1. The smallest absolute Gasteiger partial charge is 0.471 e. The van der Waals surface area contributed by atoms with E-state index < -0.39 is 30.6 Å². The Morgan fingerprint density at radius 3 is 2.62 bits per heavy atom. The fourth-order valence-electron chi connectivity index (χ4n) is 1.65. The second-order valence-corrected chi connectivity index (χ2v) is 4.12. The summed E-state index contributed by atoms with van der Waals surface area (Å²) in [4.78, 5) is 21.8. The Hall–Kier alpha value is -2.65. The summed E-state index contributed by atoms with van der Waals surface area (Å²) >= 11 is 0. The van der Waals surface area contributed by atoms with Gasteiger partial charge in [0, 0.05) is 0 Å². The molecule has 21 heavy (non-hydrogen) atoms. The van der Waals surface area contributed by atoms with Crippen LogP contribution in [0.1, 0.15) is 0 Å². The molecule has 0 spiro atoms. The van der Waals surface area contributed by atoms with Gasteiger partial charge in [0.25, 0.3) is 0 Å². The van der Waals surface area contributed by atoms with Crippen LogP contribution in [0.5, 0.6) is 0 Å². The van der Waals surface area contributed by atoms with Crippen molar-refractivity contribution in [3.8, 4) is 0 Å². The fourth-order valence-corrected chi connectivity index (χ4v) is 1.65. The molecule has 0 bridgehead atoms. The number of halogens is 3. The SMILES string of the molecule is O=C(O)[C@H](Cn1nnc2ccccc21)NC(=O)C(F)(F)F. The van der Waals surface area contributed by atoms with Crippen LogP contribution in [0, 0.1) is 0 Å². The van der Waals surface area contributed by atoms with Gasteiger partial charge >= 0.3 is 18.1 Å². The van der Waals surface area contributed by atoms with E-state index in [1.165, 1.54) is 5.32 Å². The number of hydrogen-bond acceptors (Lipinski definition) is 4. The molecule has 0 unspecified atom stereocenters. The van der Waals surface area contributed by atoms with E-state index in [9.17, 15) is 22.8 Å². The first-order valence-electron chi connectivity index (χ1n) is 5.68. The second-order valence-electron chi connectivity index (χ2n) is 4.12. The van der Waals surface area contributed by atoms with Gasteiger partial charge < -0.3 is 10.4 Å². The number of nitrogens with one attached hydrogen (secondary N) is 1. The van der Waals surface area contributed by atoms with Crippen molar-refractivity contribution in [2.75, 3.05) is 0 Å². The topological polar surface area (TPSA) is 97.1 Å². The Morgan fingerprint density at radius 1 is 1.33 bits per heavy atom. The summed E-state index contributed by atoms with van der Waals surface area (Å²) in [6.45, 7) is -0.475. The fraction of sp³-hybridized carbons (Fsp3) is 0.273. The lowest BCUT2D eigenvalue weighted by Gasteiger charge is -2.15. The minimum Gasteiger partial charge on any atom is -0.480 e. The molecule has 0 saturated heterocycles. The lowest BCUT2D eigenvalue weighted by atomic mass is 10.2. The number of aliphatic carboxylic acids is 1. The van der Waals surface area contributed by atoms with E-state index in [1.807, 2.05) is 0 Å². The Morgan fingerprint density at radius 2 is 2.00 bits per heavy atom. The van der Waals surface area contributed by atoms with Crippen molar-refractivity contribution >= 4 is 22.9 Å². The first-order chi connectivity index (χ1) is 9.79. The number of nitrogens with zero attached hydrogens (tertiary/aromatic N) is 3. The molecule has 10 heteroatoms. The third-order valence-electron chi connectivity index (χ3n) is 2.64. The monoisotopic (exact) mass is 302 g/mol. The van der Waals surface area contributed by atoms with Crippen molar-refractivity contribution in [3.05, 3.63) is 24.3 Å². The molecule has 112 valence electrons. The predicted octanol–water partition coefficient (Wildman–Crippen LogP) is 0.563. The van der Waals surface area contributed by atoms with Gasteiger partial charge in [-0.3, -0.25) is 4.79 Å². The molecular weight excluding hydrogens is 293 g/mol. The van der Waals surface area contributed by atoms with E-state index in [1.54, 1.807) is 24.3 Å². The van der Waals surface area contributed by atoms with E-state index in [-0.39, 0.29) is 0 Å². The molecule has 0 aliphatic carbocycles. The average Bonchev–Trinajstić information content (AvgIpc) is 2.80. The van der Waals surface area contributed by atoms with Crippen LogP contribution < -0.4 is 5.32 Å². The lowest BCUT2D eigenvalue weighted by molar-refractivity contribution is -0.175. The summed E-state index contributed by atoms with van der Waals surface area (Å²) in [5, 5.41) is 17.7. The van der Waals surface area contributed by atoms with Crippen LogP contribution in [0.25, 0.3) is 11.0 Å². The van der Waals surface area contributed by atoms with E-state index in [4.69, 9.17) is 5.11 Å². The lowest BCUT2D eigenvalue weighted by Crippen LogP contribution is -2.48. The summed E-state index contributed by atoms with van der Waals surface area (Å²) < 4.78 is 37.6. The molecule has 1 aromatic heterocycles. The summed E-state index contributed by atoms with van der Waals surface area (Å²) in [5.74, 6) is -3.92. The highest BCUT2D eigenvalue weighted by Gasteiger charge is 2.41. The van der Waals surface area contributed by atoms with Gasteiger partial charge in [-0.2, -0.15) is 13.2 Å². The zero-order chi connectivity index (χ0) is 15.6. The molecule has 0 saturated carbocycles. The van der Waals surface area contributed by atoms with Crippen LogP contribution in [0.15, 0.2) is 24.3 Å². The molecule has 2 rings (SSSR count). The number of carboxylic acid groups (broad SMARTS) is 1. The molecule has 7 nitrogen and oxygen atoms in total. The molecule has 1 heterocycles. The third-order valence-corrected chi connectivity index (χ3v) is 2.64. The van der Waals surface area contributed by atoms with Crippen LogP contribution in [-0.4, -0.2) is 44.2 Å². The van der Waals surface area contributed by atoms with Crippen molar-refractivity contribution in [2.24, 2.45) is 0 Å². The maximum Gasteiger partial charge on any atom is 0.471 e. The van der Waals surface area contributed by atoms with Crippen LogP contribution >= 0.6 is 0 Å². The van der Waals surface area contributed by atoms with Gasteiger partial charge in [0.2, 0.25) is 0 Å². The largest absolute Gasteiger partial charge is 0.480 e. The van der Waals surface area contributed by atoms with Crippen LogP contribution in [0.4, 0.5) is 13.2 Å². The highest BCUT2D eigenvalue weighted by Crippen LogP contribution is 2.15. The Bertz CT molecular complexity index is 683. The zero-order valence-electron chi connectivity index (χ0n) is 10.3. The van der Waals surface area contributed by atoms with E-state index in [2.05, 4.69) is 10.3 Å². The van der Waals surface area contributed by atoms with E-state index in [0.717, 1.165) is 4.68 Å². The third kappa shape index (κ3) is 3.27. The number of fused-ring (bicyclic) bond motifs is 1. The number of hydrogen-bond donors (Lipinski definition) is 2. The molecule has 0 aliphatic rings. The minimum atomic E-state index is -5.15. The number of para-hydroxylation sites is 1. The van der Waals surface area contributed by atoms with Crippen LogP contribution in [0.2, 0.25) is 0 Å². The van der Waals surface area contributed by atoms with Crippen molar-refractivity contribution in [1.29, 1.82) is 0 Å². The van der Waals surface area contributed by atoms with Gasteiger partial charge in [0.15, 0.2) is 0 Å². The Balaban J connectivity index is 2.21. The molecule has 0 radical (unpaired) electrons. The predicted molar refractivity (Wildman–Crippen MR) is 63.1 cm³/mol. The average molecular weight is 302 g/mol. The number of amides is 1. The molecule has 1 amide bonds. The number of alkyl halides is 3. The maximum atomic E-state index is 12.2. The van der Waals surface area contributed by atoms with Crippen molar-refractivity contribution in [1.82, 2.24) is 20.3 Å². The Labute approximate surface area is 115 Å². The standard InChI is InChI=1S/C11H9F3N4O3/c12-11(13,14)10(21)15-7(9(19)20)5-18-8-4-2-1-3-6(8)16-17-18/h1-4,7H,5H2,(H,15,21)(H,19,20)/t7-/m0/s1. The number of carbonyl (C=O) groups excluding carboxylic acids is 1. The van der Waals surface area contributed by atoms with Gasteiger partial charge in [-0.15, -0.1) is 5.10 Å². The van der Waals surface area contributed by atoms with E-state index in [0.29, 0.717) is 11.0 Å². The number of benzene rings is 1. The van der Waals surface area contributed by atoms with Crippen LogP contribution in [0.3, 0.4) is 0 Å². The molecule has 0 aliphatic heterocycles. The van der Waals surface area contributed by atoms with Gasteiger partial charge in [0.1, 0.15) is 11.6 Å². The Kier molecular flexibility index (Phi) is 3.78. The second kappa shape index (κ2) is 5.38. The summed E-state index contributed by atoms with van der Waals surface area (Å²) in [7, 11) is 0. The summed E-state index contributed by atoms with van der Waals surface area (Å²) in [6.07, 6.45) is -5.15. The first kappa shape index (κ1) is 14.8. The molecular formula is C11H9F3N4O3. The number of carboxylic acids is 1. The molecule has 1 aromatic carbocycles. The minimum absolute atomic E-state index is 0.449. The quantitative estimate of drug-likeness (QED) is 0.860. The molecule has 1 atom stereocenters. The number of aromatic nitrogens is 3. The first-order valence-corrected chi connectivity index (χ1v) is 5.68. The van der Waals surface area contributed by atoms with Gasteiger partial charge in [0.05, 0.1) is 12.1 Å². The summed E-state index contributed by atoms with van der Waals surface area (Å²) in [6, 6.07) is 4.75. The van der Waals surface area contributed by atoms with E-state index >= 15 is 0 Å². The van der Waals surface area contributed by atoms with Gasteiger partial charge in [-0.05, 0) is 12.1 Å². The summed E-state index contributed by atoms with van der Waals surface area (Å²) in [5.41, 5.74) is 0.911. The highest BCUT2D eigenvalue weighted by molar-refractivity contribution is 5.87. The van der Waals surface area contributed by atoms with Crippen molar-refractivity contribution in [2.45, 2.75) is 18.8 Å². The highest BCUT2D eigenvalue weighted by atomic mass is 19.4. The van der Waals surface area contributed by atoms with Crippen molar-refractivity contribution < 1.29 is 27.9 Å². The maximum absolute atomic E-state index is 12.2. The van der Waals surface area contributed by atoms with Crippen molar-refractivity contribution in [3.63, 3.8) is 0 Å². The van der Waals surface area contributed by atoms with Gasteiger partial charge in [-0.25, -0.2) is 9.48 Å². The van der Waals surface area contributed by atoms with Gasteiger partial charge in [-0.1, -0.05) is 17.3 Å². The van der Waals surface area contributed by atoms with Crippen LogP contribution in [-0.2, 0) is 16.1 Å². The zero-order valence-corrected chi connectivity index (χ0v) is 10.3. The molecule has 2 aromatic rings. The molecule has 0 fully saturated rings. The number of carbonyl (C=O) groups is 2. The number of rotatable bonds is 4.